The van der Waals surface area contributed by atoms with Gasteiger partial charge in [-0.05, 0) is 31.2 Å². The molecule has 0 aromatic heterocycles. The number of nitrogens with one attached hydrogen (secondary N) is 1. The summed E-state index contributed by atoms with van der Waals surface area (Å²) in [6.07, 6.45) is 0. The van der Waals surface area contributed by atoms with Gasteiger partial charge in [0.2, 0.25) is 5.91 Å². The van der Waals surface area contributed by atoms with Crippen LogP contribution in [0.4, 0.5) is 0 Å². The Hall–Kier alpha value is -1.14. The van der Waals surface area contributed by atoms with Gasteiger partial charge in [0.1, 0.15) is 5.75 Å². The van der Waals surface area contributed by atoms with E-state index in [4.69, 9.17) is 4.74 Å². The van der Waals surface area contributed by atoms with E-state index in [0.29, 0.717) is 0 Å². The first-order valence-electron chi connectivity index (χ1n) is 5.98. The number of amidine groups is 1. The predicted octanol–water partition coefficient (Wildman–Crippen LogP) is 2.39. The van der Waals surface area contributed by atoms with Crippen molar-refractivity contribution >= 4 is 34.6 Å². The summed E-state index contributed by atoms with van der Waals surface area (Å²) in [5.41, 5.74) is 0. The maximum absolute atomic E-state index is 12.0. The van der Waals surface area contributed by atoms with Crippen molar-refractivity contribution in [3.8, 4) is 5.75 Å². The normalized spacial score (nSPS) is 15.8. The number of aliphatic imine (C=N–C) groups is 1. The molecule has 6 heteroatoms. The minimum Gasteiger partial charge on any atom is -0.497 e. The second-order valence-corrected chi connectivity index (χ2v) is 6.46. The third-order valence-corrected chi connectivity index (χ3v) is 4.56. The van der Waals surface area contributed by atoms with E-state index < -0.39 is 0 Å². The molecule has 0 radical (unpaired) electrons. The van der Waals surface area contributed by atoms with Crippen LogP contribution in [0.1, 0.15) is 6.92 Å². The molecular formula is C13H16N2O2S2. The summed E-state index contributed by atoms with van der Waals surface area (Å²) in [6.45, 7) is 2.69. The highest BCUT2D eigenvalue weighted by Crippen LogP contribution is 2.25. The fraction of sp³-hybridized carbons (Fsp3) is 0.385. The van der Waals surface area contributed by atoms with Crippen molar-refractivity contribution in [2.24, 2.45) is 4.99 Å². The Morgan fingerprint density at radius 3 is 2.79 bits per heavy atom. The number of hydrogen-bond donors (Lipinski definition) is 1. The van der Waals surface area contributed by atoms with Crippen molar-refractivity contribution in [1.29, 1.82) is 0 Å². The Balaban J connectivity index is 1.88. The van der Waals surface area contributed by atoms with Crippen LogP contribution < -0.4 is 10.1 Å². The molecule has 0 aliphatic carbocycles. The van der Waals surface area contributed by atoms with Gasteiger partial charge < -0.3 is 10.1 Å². The van der Waals surface area contributed by atoms with Gasteiger partial charge in [0, 0.05) is 10.6 Å². The second kappa shape index (κ2) is 6.86. The first kappa shape index (κ1) is 14.3. The first-order chi connectivity index (χ1) is 9.19. The van der Waals surface area contributed by atoms with Crippen molar-refractivity contribution in [3.05, 3.63) is 24.3 Å². The highest BCUT2D eigenvalue weighted by Gasteiger charge is 2.17. The SMILES string of the molecule is COc1ccc(SC(C)C(=O)NC2=NCCS2)cc1. The largest absolute Gasteiger partial charge is 0.497 e. The molecule has 1 aliphatic heterocycles. The van der Waals surface area contributed by atoms with Crippen LogP contribution in [-0.2, 0) is 4.79 Å². The third kappa shape index (κ3) is 4.18. The molecule has 1 aliphatic rings. The van der Waals surface area contributed by atoms with Crippen molar-refractivity contribution in [3.63, 3.8) is 0 Å². The molecule has 0 fully saturated rings. The fourth-order valence-electron chi connectivity index (χ4n) is 1.53. The van der Waals surface area contributed by atoms with Crippen LogP contribution in [0.3, 0.4) is 0 Å². The lowest BCUT2D eigenvalue weighted by atomic mass is 10.3. The van der Waals surface area contributed by atoms with Crippen LogP contribution in [0.15, 0.2) is 34.2 Å². The quantitative estimate of drug-likeness (QED) is 0.867. The Kier molecular flexibility index (Phi) is 5.15. The lowest BCUT2D eigenvalue weighted by Crippen LogP contribution is -2.33. The van der Waals surface area contributed by atoms with Crippen LogP contribution >= 0.6 is 23.5 Å². The van der Waals surface area contributed by atoms with E-state index in [1.807, 2.05) is 31.2 Å². The second-order valence-electron chi connectivity index (χ2n) is 3.96. The van der Waals surface area contributed by atoms with Gasteiger partial charge in [0.15, 0.2) is 5.17 Å². The summed E-state index contributed by atoms with van der Waals surface area (Å²) in [5.74, 6) is 1.77. The molecule has 1 heterocycles. The number of ether oxygens (including phenoxy) is 1. The standard InChI is InChI=1S/C13H16N2O2S2/c1-9(12(16)15-13-14-7-8-18-13)19-11-5-3-10(17-2)4-6-11/h3-6,9H,7-8H2,1-2H3,(H,14,15,16). The molecule has 0 saturated carbocycles. The maximum Gasteiger partial charge on any atom is 0.239 e. The number of methoxy groups -OCH3 is 1. The van der Waals surface area contributed by atoms with E-state index in [9.17, 15) is 4.79 Å². The fourth-order valence-corrected chi connectivity index (χ4v) is 3.13. The zero-order valence-corrected chi connectivity index (χ0v) is 12.5. The molecule has 1 amide bonds. The minimum atomic E-state index is -0.155. The highest BCUT2D eigenvalue weighted by molar-refractivity contribution is 8.14. The van der Waals surface area contributed by atoms with Crippen molar-refractivity contribution in [2.45, 2.75) is 17.1 Å². The molecule has 0 spiro atoms. The van der Waals surface area contributed by atoms with Gasteiger partial charge in [-0.1, -0.05) is 11.8 Å². The molecule has 1 aromatic carbocycles. The summed E-state index contributed by atoms with van der Waals surface area (Å²) in [5, 5.41) is 3.44. The highest BCUT2D eigenvalue weighted by atomic mass is 32.2. The molecule has 0 saturated heterocycles. The number of nitrogens with zero attached hydrogens (tertiary/aromatic N) is 1. The Morgan fingerprint density at radius 1 is 1.47 bits per heavy atom. The van der Waals surface area contributed by atoms with E-state index in [1.54, 1.807) is 18.9 Å². The number of thioether (sulfide) groups is 2. The lowest BCUT2D eigenvalue weighted by molar-refractivity contribution is -0.118. The average molecular weight is 296 g/mol. The van der Waals surface area contributed by atoms with Gasteiger partial charge in [-0.15, -0.1) is 11.8 Å². The number of amides is 1. The maximum atomic E-state index is 12.0. The molecule has 0 bridgehead atoms. The number of carbonyl (C=O) groups excluding carboxylic acids is 1. The topological polar surface area (TPSA) is 50.7 Å². The van der Waals surface area contributed by atoms with Crippen LogP contribution in [0.5, 0.6) is 5.75 Å². The number of hydrogen-bond acceptors (Lipinski definition) is 5. The predicted molar refractivity (Wildman–Crippen MR) is 81.2 cm³/mol. The number of carbonyl (C=O) groups is 1. The van der Waals surface area contributed by atoms with Crippen molar-refractivity contribution in [1.82, 2.24) is 5.32 Å². The van der Waals surface area contributed by atoms with Crippen LogP contribution in [0, 0.1) is 0 Å². The molecule has 2 rings (SSSR count). The van der Waals surface area contributed by atoms with Crippen LogP contribution in [-0.4, -0.2) is 35.7 Å². The van der Waals surface area contributed by atoms with Crippen molar-refractivity contribution < 1.29 is 9.53 Å². The van der Waals surface area contributed by atoms with E-state index in [2.05, 4.69) is 10.3 Å². The number of rotatable bonds is 4. The Bertz CT molecular complexity index is 474. The molecular weight excluding hydrogens is 280 g/mol. The monoisotopic (exact) mass is 296 g/mol. The Labute approximate surface area is 121 Å². The van der Waals surface area contributed by atoms with Gasteiger partial charge in [-0.3, -0.25) is 9.79 Å². The van der Waals surface area contributed by atoms with Gasteiger partial charge in [0.05, 0.1) is 18.9 Å². The third-order valence-electron chi connectivity index (χ3n) is 2.56. The zero-order chi connectivity index (χ0) is 13.7. The molecule has 19 heavy (non-hydrogen) atoms. The van der Waals surface area contributed by atoms with E-state index in [0.717, 1.165) is 28.1 Å². The smallest absolute Gasteiger partial charge is 0.239 e. The summed E-state index contributed by atoms with van der Waals surface area (Å²) in [4.78, 5) is 17.2. The van der Waals surface area contributed by atoms with Gasteiger partial charge in [-0.2, -0.15) is 0 Å². The molecule has 102 valence electrons. The zero-order valence-electron chi connectivity index (χ0n) is 10.9. The average Bonchev–Trinajstić information content (AvgIpc) is 2.92. The molecule has 1 N–H and O–H groups in total. The van der Waals surface area contributed by atoms with E-state index in [-0.39, 0.29) is 11.2 Å². The Morgan fingerprint density at radius 2 is 2.21 bits per heavy atom. The molecule has 4 nitrogen and oxygen atoms in total. The summed E-state index contributed by atoms with van der Waals surface area (Å²) < 4.78 is 5.10. The summed E-state index contributed by atoms with van der Waals surface area (Å²) >= 11 is 3.11. The summed E-state index contributed by atoms with van der Waals surface area (Å²) in [7, 11) is 1.64. The van der Waals surface area contributed by atoms with Gasteiger partial charge in [0.25, 0.3) is 0 Å². The molecule has 1 atom stereocenters. The first-order valence-corrected chi connectivity index (χ1v) is 7.84. The van der Waals surface area contributed by atoms with E-state index >= 15 is 0 Å². The van der Waals surface area contributed by atoms with E-state index in [1.165, 1.54) is 11.8 Å². The van der Waals surface area contributed by atoms with Gasteiger partial charge in [-0.25, -0.2) is 0 Å². The van der Waals surface area contributed by atoms with Crippen LogP contribution in [0.25, 0.3) is 0 Å². The number of benzene rings is 1. The summed E-state index contributed by atoms with van der Waals surface area (Å²) in [6, 6.07) is 7.69. The minimum absolute atomic E-state index is 0.00559. The molecule has 1 aromatic rings. The van der Waals surface area contributed by atoms with Crippen molar-refractivity contribution in [2.75, 3.05) is 19.4 Å². The van der Waals surface area contributed by atoms with Gasteiger partial charge >= 0.3 is 0 Å². The lowest BCUT2D eigenvalue weighted by Gasteiger charge is -2.11. The molecule has 1 unspecified atom stereocenters. The van der Waals surface area contributed by atoms with Crippen LogP contribution in [0.2, 0.25) is 0 Å².